The summed E-state index contributed by atoms with van der Waals surface area (Å²) in [6.07, 6.45) is -1.21. The van der Waals surface area contributed by atoms with E-state index >= 15 is 0 Å². The van der Waals surface area contributed by atoms with Crippen LogP contribution in [0, 0.1) is 23.0 Å². The lowest BCUT2D eigenvalue weighted by atomic mass is 9.97. The monoisotopic (exact) mass is 544 g/mol. The number of aromatic nitrogens is 3. The summed E-state index contributed by atoms with van der Waals surface area (Å²) in [6, 6.07) is 4.56. The van der Waals surface area contributed by atoms with Gasteiger partial charge in [0.05, 0.1) is 38.4 Å². The van der Waals surface area contributed by atoms with Gasteiger partial charge in [0.15, 0.2) is 11.7 Å². The van der Waals surface area contributed by atoms with Crippen LogP contribution in [0.5, 0.6) is 5.75 Å². The summed E-state index contributed by atoms with van der Waals surface area (Å²) in [7, 11) is 2.87. The minimum atomic E-state index is -4.61. The molecule has 1 saturated heterocycles. The number of pyridine rings is 1. The quantitative estimate of drug-likeness (QED) is 0.289. The van der Waals surface area contributed by atoms with Crippen LogP contribution in [0.1, 0.15) is 33.8 Å². The number of amides is 1. The van der Waals surface area contributed by atoms with Crippen molar-refractivity contribution in [2.24, 2.45) is 5.92 Å². The Morgan fingerprint density at radius 3 is 2.71 bits per heavy atom. The first kappa shape index (κ1) is 25.9. The second kappa shape index (κ2) is 9.86. The number of methoxy groups -OCH3 is 1. The van der Waals surface area contributed by atoms with Crippen molar-refractivity contribution < 1.29 is 27.3 Å². The van der Waals surface area contributed by atoms with Gasteiger partial charge in [-0.15, -0.1) is 10.2 Å². The highest BCUT2D eigenvalue weighted by atomic mass is 32.1. The SMILES string of the molecule is COc1ccc(C(F)(F)F)cc1-c1cc(N2CC[N+](C)([O-])C2)ncc1C(=O)Nc1nnc(C#CC2CC2)s1. The molecule has 13 heteroatoms. The average Bonchev–Trinajstić information content (AvgIpc) is 3.49. The summed E-state index contributed by atoms with van der Waals surface area (Å²) >= 11 is 1.10. The Bertz CT molecular complexity index is 1440. The summed E-state index contributed by atoms with van der Waals surface area (Å²) in [5, 5.41) is 23.6. The third kappa shape index (κ3) is 5.72. The number of nitrogens with one attached hydrogen (secondary N) is 1. The number of hydroxylamine groups is 3. The van der Waals surface area contributed by atoms with E-state index in [0.29, 0.717) is 29.8 Å². The van der Waals surface area contributed by atoms with E-state index in [-0.39, 0.29) is 34.2 Å². The molecule has 3 aromatic rings. The fourth-order valence-electron chi connectivity index (χ4n) is 4.02. The molecule has 1 atom stereocenters. The first-order valence-corrected chi connectivity index (χ1v) is 12.6. The largest absolute Gasteiger partial charge is 0.632 e. The molecule has 1 aromatic carbocycles. The van der Waals surface area contributed by atoms with Gasteiger partial charge in [0, 0.05) is 23.2 Å². The highest BCUT2D eigenvalue weighted by Gasteiger charge is 2.33. The van der Waals surface area contributed by atoms with Crippen LogP contribution in [-0.4, -0.2) is 59.7 Å². The second-order valence-corrected chi connectivity index (χ2v) is 10.3. The fourth-order valence-corrected chi connectivity index (χ4v) is 4.62. The molecule has 2 fully saturated rings. The molecule has 0 spiro atoms. The number of halogens is 3. The molecular weight excluding hydrogens is 521 g/mol. The van der Waals surface area contributed by atoms with E-state index in [1.54, 1.807) is 4.90 Å². The number of alkyl halides is 3. The predicted octanol–water partition coefficient (Wildman–Crippen LogP) is 4.36. The number of quaternary nitrogens is 1. The number of carbonyl (C=O) groups excluding carboxylic acids is 1. The van der Waals surface area contributed by atoms with Crippen LogP contribution in [-0.2, 0) is 6.18 Å². The standard InChI is InChI=1S/C25H23F3N6O3S/c1-34(36)10-9-33(14-34)21-12-17(18-11-16(25(26,27)28)6-7-20(18)37-2)19(13-29-21)23(35)30-24-32-31-22(38-24)8-5-15-3-4-15/h6-7,11-13,15H,3-4,9-10,14H2,1-2H3,(H,30,32,35). The highest BCUT2D eigenvalue weighted by Crippen LogP contribution is 2.40. The Morgan fingerprint density at radius 1 is 1.26 bits per heavy atom. The number of hydrogen-bond donors (Lipinski definition) is 1. The Hall–Kier alpha value is -3.73. The van der Waals surface area contributed by atoms with Gasteiger partial charge in [-0.25, -0.2) is 4.98 Å². The van der Waals surface area contributed by atoms with E-state index in [4.69, 9.17) is 4.74 Å². The average molecular weight is 545 g/mol. The normalized spacial score (nSPS) is 19.2. The second-order valence-electron chi connectivity index (χ2n) is 9.34. The number of likely N-dealkylation sites (N-methyl/N-ethyl adjacent to an activating group) is 1. The molecule has 0 radical (unpaired) electrons. The topological polar surface area (TPSA) is 103 Å². The molecule has 9 nitrogen and oxygen atoms in total. The molecule has 1 aliphatic carbocycles. The molecule has 1 unspecified atom stereocenters. The van der Waals surface area contributed by atoms with Gasteiger partial charge in [-0.05, 0) is 43.0 Å². The number of nitrogens with zero attached hydrogens (tertiary/aromatic N) is 5. The third-order valence-electron chi connectivity index (χ3n) is 6.19. The molecule has 3 heterocycles. The molecule has 198 valence electrons. The zero-order valence-electron chi connectivity index (χ0n) is 20.5. The van der Waals surface area contributed by atoms with Crippen LogP contribution >= 0.6 is 11.3 Å². The Kier molecular flexibility index (Phi) is 6.72. The molecule has 5 rings (SSSR count). The van der Waals surface area contributed by atoms with Gasteiger partial charge in [0.2, 0.25) is 5.13 Å². The molecule has 2 aliphatic rings. The minimum absolute atomic E-state index is 0.00533. The molecule has 1 aliphatic heterocycles. The van der Waals surface area contributed by atoms with E-state index in [1.807, 2.05) is 0 Å². The number of hydrogen-bond acceptors (Lipinski definition) is 8. The Morgan fingerprint density at radius 2 is 2.05 bits per heavy atom. The lowest BCUT2D eigenvalue weighted by Crippen LogP contribution is -2.36. The lowest BCUT2D eigenvalue weighted by molar-refractivity contribution is -0.846. The smallest absolute Gasteiger partial charge is 0.416 e. The van der Waals surface area contributed by atoms with Gasteiger partial charge in [0.25, 0.3) is 5.91 Å². The van der Waals surface area contributed by atoms with Gasteiger partial charge in [-0.2, -0.15) is 13.2 Å². The summed E-state index contributed by atoms with van der Waals surface area (Å²) in [4.78, 5) is 19.4. The lowest BCUT2D eigenvalue weighted by Gasteiger charge is -2.33. The van der Waals surface area contributed by atoms with Crippen molar-refractivity contribution in [3.05, 3.63) is 51.8 Å². The van der Waals surface area contributed by atoms with Crippen LogP contribution in [0.25, 0.3) is 11.1 Å². The molecule has 38 heavy (non-hydrogen) atoms. The number of carbonyl (C=O) groups is 1. The molecule has 0 bridgehead atoms. The van der Waals surface area contributed by atoms with Crippen molar-refractivity contribution in [1.82, 2.24) is 15.2 Å². The Balaban J connectivity index is 1.54. The number of benzene rings is 1. The third-order valence-corrected chi connectivity index (χ3v) is 6.95. The van der Waals surface area contributed by atoms with Gasteiger partial charge in [0.1, 0.15) is 11.6 Å². The first-order valence-electron chi connectivity index (χ1n) is 11.7. The summed E-state index contributed by atoms with van der Waals surface area (Å²) < 4.78 is 45.6. The zero-order chi connectivity index (χ0) is 27.1. The van der Waals surface area contributed by atoms with E-state index in [2.05, 4.69) is 32.3 Å². The summed E-state index contributed by atoms with van der Waals surface area (Å²) in [5.74, 6) is 6.25. The van der Waals surface area contributed by atoms with Gasteiger partial charge in [-0.3, -0.25) is 10.1 Å². The van der Waals surface area contributed by atoms with Gasteiger partial charge >= 0.3 is 6.18 Å². The van der Waals surface area contributed by atoms with E-state index in [9.17, 15) is 23.2 Å². The van der Waals surface area contributed by atoms with Crippen LogP contribution in [0.3, 0.4) is 0 Å². The molecule has 1 N–H and O–H groups in total. The van der Waals surface area contributed by atoms with Crippen molar-refractivity contribution in [1.29, 1.82) is 0 Å². The van der Waals surface area contributed by atoms with E-state index in [1.165, 1.54) is 32.5 Å². The molecule has 1 saturated carbocycles. The van der Waals surface area contributed by atoms with Crippen molar-refractivity contribution in [3.8, 4) is 28.7 Å². The maximum atomic E-state index is 13.6. The molecular formula is C25H23F3N6O3S. The Labute approximate surface area is 220 Å². The van der Waals surface area contributed by atoms with Crippen molar-refractivity contribution in [3.63, 3.8) is 0 Å². The van der Waals surface area contributed by atoms with Crippen LogP contribution in [0.2, 0.25) is 0 Å². The van der Waals surface area contributed by atoms with E-state index in [0.717, 1.165) is 36.3 Å². The summed E-state index contributed by atoms with van der Waals surface area (Å²) in [5.41, 5.74) is -0.666. The van der Waals surface area contributed by atoms with Crippen molar-refractivity contribution in [2.45, 2.75) is 19.0 Å². The van der Waals surface area contributed by atoms with Crippen molar-refractivity contribution in [2.75, 3.05) is 44.1 Å². The number of anilines is 2. The summed E-state index contributed by atoms with van der Waals surface area (Å²) in [6.45, 7) is 0.857. The van der Waals surface area contributed by atoms with Crippen molar-refractivity contribution >= 4 is 28.2 Å². The zero-order valence-corrected chi connectivity index (χ0v) is 21.3. The highest BCUT2D eigenvalue weighted by molar-refractivity contribution is 7.15. The first-order chi connectivity index (χ1) is 18.0. The number of rotatable bonds is 5. The van der Waals surface area contributed by atoms with Crippen LogP contribution in [0.4, 0.5) is 24.1 Å². The van der Waals surface area contributed by atoms with Crippen LogP contribution in [0.15, 0.2) is 30.5 Å². The minimum Gasteiger partial charge on any atom is -0.632 e. The van der Waals surface area contributed by atoms with Gasteiger partial charge in [-0.1, -0.05) is 17.3 Å². The maximum absolute atomic E-state index is 13.6. The maximum Gasteiger partial charge on any atom is 0.416 e. The fraction of sp³-hybridized carbons (Fsp3) is 0.360. The predicted molar refractivity (Wildman–Crippen MR) is 135 cm³/mol. The molecule has 2 aromatic heterocycles. The number of ether oxygens (including phenoxy) is 1. The van der Waals surface area contributed by atoms with E-state index < -0.39 is 22.3 Å². The molecule has 1 amide bonds. The van der Waals surface area contributed by atoms with Gasteiger partial charge < -0.3 is 19.5 Å². The van der Waals surface area contributed by atoms with Crippen LogP contribution < -0.4 is 15.0 Å².